The van der Waals surface area contributed by atoms with Crippen LogP contribution in [0.5, 0.6) is 0 Å². The number of nitro groups is 1. The number of benzene rings is 1. The third-order valence-electron chi connectivity index (χ3n) is 1.34. The van der Waals surface area contributed by atoms with E-state index in [1.54, 1.807) is 0 Å². The van der Waals surface area contributed by atoms with Gasteiger partial charge in [0.15, 0.2) is 0 Å². The molecule has 0 heterocycles. The summed E-state index contributed by atoms with van der Waals surface area (Å²) in [6.45, 7) is 0. The second kappa shape index (κ2) is 4.05. The molecule has 0 bridgehead atoms. The molecule has 82 valence electrons. The van der Waals surface area contributed by atoms with E-state index in [2.05, 4.69) is 0 Å². The van der Waals surface area contributed by atoms with Gasteiger partial charge < -0.3 is 0 Å². The van der Waals surface area contributed by atoms with Gasteiger partial charge in [-0.25, -0.2) is 4.39 Å². The van der Waals surface area contributed by atoms with Crippen molar-refractivity contribution >= 4 is 17.4 Å². The van der Waals surface area contributed by atoms with E-state index in [1.807, 2.05) is 0 Å². The lowest BCUT2D eigenvalue weighted by Crippen LogP contribution is -2.01. The predicted molar refractivity (Wildman–Crippen MR) is 45.0 cm³/mol. The Kier molecular flexibility index (Phi) is 3.18. The lowest BCUT2D eigenvalue weighted by molar-refractivity contribution is -0.387. The van der Waals surface area contributed by atoms with Gasteiger partial charge in [-0.15, -0.1) is 0 Å². The highest BCUT2D eigenvalue weighted by Crippen LogP contribution is 2.41. The van der Waals surface area contributed by atoms with Crippen LogP contribution in [0.3, 0.4) is 0 Å². The minimum absolute atomic E-state index is 0.482. The van der Waals surface area contributed by atoms with Crippen molar-refractivity contribution in [1.29, 1.82) is 0 Å². The Bertz CT molecular complexity index is 393. The molecule has 0 aliphatic rings. The molecule has 0 atom stereocenters. The summed E-state index contributed by atoms with van der Waals surface area (Å²) in [6, 6.07) is 1.91. The highest BCUT2D eigenvalue weighted by Gasteiger charge is 2.33. The van der Waals surface area contributed by atoms with Gasteiger partial charge in [0.1, 0.15) is 5.82 Å². The molecule has 1 aromatic rings. The maximum absolute atomic E-state index is 12.6. The fraction of sp³-hybridized carbons (Fsp3) is 0.143. The molecule has 0 amide bonds. The SMILES string of the molecule is O=[N+]([O-])c1ccc(F)cc1SC(F)(F)F. The standard InChI is InChI=1S/C7H3F4NO2S/c8-4-1-2-5(12(13)14)6(3-4)15-7(9,10)11/h1-3H. The minimum Gasteiger partial charge on any atom is -0.258 e. The fourth-order valence-corrected chi connectivity index (χ4v) is 1.51. The van der Waals surface area contributed by atoms with Crippen LogP contribution in [-0.2, 0) is 0 Å². The zero-order chi connectivity index (χ0) is 11.6. The molecule has 0 radical (unpaired) electrons. The lowest BCUT2D eigenvalue weighted by atomic mass is 10.3. The van der Waals surface area contributed by atoms with Crippen molar-refractivity contribution in [1.82, 2.24) is 0 Å². The van der Waals surface area contributed by atoms with Gasteiger partial charge in [0.2, 0.25) is 0 Å². The summed E-state index contributed by atoms with van der Waals surface area (Å²) in [5.74, 6) is -0.952. The molecular formula is C7H3F4NO2S. The van der Waals surface area contributed by atoms with Gasteiger partial charge in [0.25, 0.3) is 5.69 Å². The van der Waals surface area contributed by atoms with E-state index < -0.39 is 38.6 Å². The third kappa shape index (κ3) is 3.39. The van der Waals surface area contributed by atoms with E-state index in [1.165, 1.54) is 0 Å². The number of alkyl halides is 3. The number of thioether (sulfide) groups is 1. The molecule has 3 nitrogen and oxygen atoms in total. The number of hydrogen-bond donors (Lipinski definition) is 0. The van der Waals surface area contributed by atoms with E-state index in [0.717, 1.165) is 6.07 Å². The molecule has 0 saturated heterocycles. The molecule has 0 unspecified atom stereocenters. The average molecular weight is 241 g/mol. The van der Waals surface area contributed by atoms with Crippen molar-refractivity contribution in [2.45, 2.75) is 10.4 Å². The molecule has 1 aromatic carbocycles. The highest BCUT2D eigenvalue weighted by molar-refractivity contribution is 8.00. The molecule has 8 heteroatoms. The molecule has 0 fully saturated rings. The van der Waals surface area contributed by atoms with Crippen LogP contribution >= 0.6 is 11.8 Å². The molecule has 0 aliphatic heterocycles. The Morgan fingerprint density at radius 2 is 1.93 bits per heavy atom. The van der Waals surface area contributed by atoms with Crippen molar-refractivity contribution in [3.8, 4) is 0 Å². The molecule has 0 N–H and O–H groups in total. The third-order valence-corrected chi connectivity index (χ3v) is 2.12. The van der Waals surface area contributed by atoms with Gasteiger partial charge in [-0.2, -0.15) is 13.2 Å². The molecule has 0 spiro atoms. The van der Waals surface area contributed by atoms with Crippen LogP contribution < -0.4 is 0 Å². The first-order valence-electron chi connectivity index (χ1n) is 3.49. The molecule has 1 rings (SSSR count). The predicted octanol–water partition coefficient (Wildman–Crippen LogP) is 3.35. The maximum Gasteiger partial charge on any atom is 0.446 e. The zero-order valence-electron chi connectivity index (χ0n) is 6.92. The summed E-state index contributed by atoms with van der Waals surface area (Å²) < 4.78 is 48.4. The van der Waals surface area contributed by atoms with Crippen molar-refractivity contribution in [2.75, 3.05) is 0 Å². The van der Waals surface area contributed by atoms with Gasteiger partial charge in [0, 0.05) is 6.07 Å². The molecule has 0 aliphatic carbocycles. The van der Waals surface area contributed by atoms with Gasteiger partial charge in [-0.3, -0.25) is 10.1 Å². The first-order valence-corrected chi connectivity index (χ1v) is 4.31. The summed E-state index contributed by atoms with van der Waals surface area (Å²) in [7, 11) is 0. The summed E-state index contributed by atoms with van der Waals surface area (Å²) in [5, 5.41) is 10.3. The van der Waals surface area contributed by atoms with Crippen LogP contribution in [0.1, 0.15) is 0 Å². The molecule has 0 aromatic heterocycles. The number of hydrogen-bond acceptors (Lipinski definition) is 3. The van der Waals surface area contributed by atoms with Crippen molar-refractivity contribution in [2.24, 2.45) is 0 Å². The summed E-state index contributed by atoms with van der Waals surface area (Å²) in [4.78, 5) is 8.57. The molecular weight excluding hydrogens is 238 g/mol. The Morgan fingerprint density at radius 1 is 1.33 bits per heavy atom. The van der Waals surface area contributed by atoms with E-state index in [0.29, 0.717) is 12.1 Å². The van der Waals surface area contributed by atoms with Gasteiger partial charge in [0.05, 0.1) is 9.82 Å². The van der Waals surface area contributed by atoms with Crippen LogP contribution in [0.25, 0.3) is 0 Å². The normalized spacial score (nSPS) is 11.5. The topological polar surface area (TPSA) is 43.1 Å². The first-order chi connectivity index (χ1) is 6.79. The quantitative estimate of drug-likeness (QED) is 0.345. The number of rotatable bonds is 2. The van der Waals surface area contributed by atoms with Crippen LogP contribution in [0.4, 0.5) is 23.2 Å². The Morgan fingerprint density at radius 3 is 2.40 bits per heavy atom. The monoisotopic (exact) mass is 241 g/mol. The van der Waals surface area contributed by atoms with Crippen LogP contribution in [0.15, 0.2) is 23.1 Å². The lowest BCUT2D eigenvalue weighted by Gasteiger charge is -2.05. The smallest absolute Gasteiger partial charge is 0.258 e. The summed E-state index contributed by atoms with van der Waals surface area (Å²) in [5.41, 5.74) is -5.45. The van der Waals surface area contributed by atoms with Crippen LogP contribution in [0.2, 0.25) is 0 Å². The van der Waals surface area contributed by atoms with Crippen LogP contribution in [0, 0.1) is 15.9 Å². The number of nitro benzene ring substituents is 1. The largest absolute Gasteiger partial charge is 0.446 e. The Balaban J connectivity index is 3.13. The number of nitrogens with zero attached hydrogens (tertiary/aromatic N) is 1. The number of halogens is 4. The van der Waals surface area contributed by atoms with E-state index in [4.69, 9.17) is 0 Å². The van der Waals surface area contributed by atoms with Crippen LogP contribution in [-0.4, -0.2) is 10.4 Å². The zero-order valence-corrected chi connectivity index (χ0v) is 7.73. The van der Waals surface area contributed by atoms with E-state index >= 15 is 0 Å². The van der Waals surface area contributed by atoms with Crippen molar-refractivity contribution in [3.05, 3.63) is 34.1 Å². The summed E-state index contributed by atoms with van der Waals surface area (Å²) >= 11 is -0.712. The van der Waals surface area contributed by atoms with E-state index in [9.17, 15) is 27.7 Å². The Hall–Kier alpha value is -1.31. The molecule has 0 saturated carbocycles. The second-order valence-electron chi connectivity index (χ2n) is 2.42. The summed E-state index contributed by atoms with van der Waals surface area (Å²) in [6.07, 6.45) is 0. The van der Waals surface area contributed by atoms with Gasteiger partial charge in [-0.1, -0.05) is 0 Å². The van der Waals surface area contributed by atoms with Gasteiger partial charge in [-0.05, 0) is 23.9 Å². The first kappa shape index (κ1) is 11.8. The fourth-order valence-electron chi connectivity index (χ4n) is 0.845. The minimum atomic E-state index is -4.68. The highest BCUT2D eigenvalue weighted by atomic mass is 32.2. The van der Waals surface area contributed by atoms with Crippen molar-refractivity contribution in [3.63, 3.8) is 0 Å². The van der Waals surface area contributed by atoms with Gasteiger partial charge >= 0.3 is 5.51 Å². The van der Waals surface area contributed by atoms with E-state index in [-0.39, 0.29) is 0 Å². The average Bonchev–Trinajstić information content (AvgIpc) is 1.99. The maximum atomic E-state index is 12.6. The molecule has 15 heavy (non-hydrogen) atoms. The van der Waals surface area contributed by atoms with Crippen molar-refractivity contribution < 1.29 is 22.5 Å². The Labute approximate surface area is 85.2 Å². The second-order valence-corrected chi connectivity index (χ2v) is 3.52.